The third-order valence-corrected chi connectivity index (χ3v) is 3.20. The molecule has 1 aromatic heterocycles. The van der Waals surface area contributed by atoms with Crippen LogP contribution in [0.1, 0.15) is 34.4 Å². The van der Waals surface area contributed by atoms with Crippen molar-refractivity contribution >= 4 is 11.6 Å². The second-order valence-corrected chi connectivity index (χ2v) is 4.85. The second-order valence-electron chi connectivity index (χ2n) is 4.85. The van der Waals surface area contributed by atoms with E-state index in [1.807, 2.05) is 0 Å². The molecule has 1 aromatic carbocycles. The Morgan fingerprint density at radius 1 is 1.27 bits per heavy atom. The van der Waals surface area contributed by atoms with Gasteiger partial charge in [0.25, 0.3) is 5.91 Å². The van der Waals surface area contributed by atoms with E-state index < -0.39 is 0 Å². The van der Waals surface area contributed by atoms with Crippen LogP contribution in [0.15, 0.2) is 33.8 Å². The van der Waals surface area contributed by atoms with E-state index >= 15 is 0 Å². The summed E-state index contributed by atoms with van der Waals surface area (Å²) in [5, 5.41) is 13.9. The lowest BCUT2D eigenvalue weighted by atomic mass is 10.1. The fraction of sp³-hybridized carbons (Fsp3) is 0.250. The number of phenols is 1. The number of carbonyl (C=O) groups is 1. The van der Waals surface area contributed by atoms with Gasteiger partial charge in [-0.3, -0.25) is 4.79 Å². The van der Waals surface area contributed by atoms with Gasteiger partial charge in [-0.25, -0.2) is 5.43 Å². The zero-order chi connectivity index (χ0) is 16.3. The molecule has 1 heterocycles. The zero-order valence-electron chi connectivity index (χ0n) is 12.9. The summed E-state index contributed by atoms with van der Waals surface area (Å²) in [6, 6.07) is 6.45. The molecule has 2 N–H and O–H groups in total. The van der Waals surface area contributed by atoms with E-state index in [1.165, 1.54) is 13.2 Å². The molecule has 0 saturated carbocycles. The van der Waals surface area contributed by atoms with Gasteiger partial charge in [0, 0.05) is 5.56 Å². The van der Waals surface area contributed by atoms with Crippen LogP contribution in [0.25, 0.3) is 0 Å². The molecule has 0 saturated heterocycles. The standard InChI is InChI=1S/C16H18N2O4/c1-9-7-14(11(3)22-9)16(20)18-17-10(2)13-8-12(21-4)5-6-15(13)19/h5-8,19H,1-4H3,(H,18,20)/b17-10+. The van der Waals surface area contributed by atoms with Crippen LogP contribution in [0.5, 0.6) is 11.5 Å². The van der Waals surface area contributed by atoms with Crippen molar-refractivity contribution in [2.75, 3.05) is 7.11 Å². The Hall–Kier alpha value is -2.76. The maximum Gasteiger partial charge on any atom is 0.274 e. The predicted molar refractivity (Wildman–Crippen MR) is 82.5 cm³/mol. The quantitative estimate of drug-likeness (QED) is 0.672. The van der Waals surface area contributed by atoms with Crippen molar-refractivity contribution in [3.8, 4) is 11.5 Å². The van der Waals surface area contributed by atoms with Crippen LogP contribution in [-0.2, 0) is 0 Å². The van der Waals surface area contributed by atoms with Crippen LogP contribution in [0.2, 0.25) is 0 Å². The highest BCUT2D eigenvalue weighted by molar-refractivity contribution is 6.03. The Morgan fingerprint density at radius 2 is 2.00 bits per heavy atom. The Balaban J connectivity index is 2.19. The van der Waals surface area contributed by atoms with Crippen LogP contribution >= 0.6 is 0 Å². The van der Waals surface area contributed by atoms with Crippen molar-refractivity contribution in [2.45, 2.75) is 20.8 Å². The average Bonchev–Trinajstić information content (AvgIpc) is 2.83. The maximum absolute atomic E-state index is 12.1. The Morgan fingerprint density at radius 3 is 2.59 bits per heavy atom. The SMILES string of the molecule is COc1ccc(O)c(/C(C)=N/NC(=O)c2cc(C)oc2C)c1. The molecule has 6 nitrogen and oxygen atoms in total. The van der Waals surface area contributed by atoms with Crippen LogP contribution in [0, 0.1) is 13.8 Å². The van der Waals surface area contributed by atoms with Crippen LogP contribution in [0.3, 0.4) is 0 Å². The van der Waals surface area contributed by atoms with E-state index in [4.69, 9.17) is 9.15 Å². The smallest absolute Gasteiger partial charge is 0.274 e. The normalized spacial score (nSPS) is 11.4. The average molecular weight is 302 g/mol. The van der Waals surface area contributed by atoms with Crippen molar-refractivity contribution in [3.05, 3.63) is 46.9 Å². The minimum atomic E-state index is -0.365. The molecule has 0 radical (unpaired) electrons. The molecule has 22 heavy (non-hydrogen) atoms. The number of nitrogens with zero attached hydrogens (tertiary/aromatic N) is 1. The molecule has 2 rings (SSSR count). The molecular weight excluding hydrogens is 284 g/mol. The van der Waals surface area contributed by atoms with Gasteiger partial charge >= 0.3 is 0 Å². The lowest BCUT2D eigenvalue weighted by Crippen LogP contribution is -2.19. The van der Waals surface area contributed by atoms with Crippen LogP contribution in [-0.4, -0.2) is 23.8 Å². The van der Waals surface area contributed by atoms with Gasteiger partial charge in [0.05, 0.1) is 18.4 Å². The first-order valence-corrected chi connectivity index (χ1v) is 6.71. The summed E-state index contributed by atoms with van der Waals surface area (Å²) in [4.78, 5) is 12.1. The lowest BCUT2D eigenvalue weighted by Gasteiger charge is -2.07. The van der Waals surface area contributed by atoms with Crippen LogP contribution < -0.4 is 10.2 Å². The van der Waals surface area contributed by atoms with E-state index in [-0.39, 0.29) is 11.7 Å². The number of hydrazone groups is 1. The van der Waals surface area contributed by atoms with Gasteiger partial charge in [-0.2, -0.15) is 5.10 Å². The monoisotopic (exact) mass is 302 g/mol. The number of aryl methyl sites for hydroxylation is 2. The molecule has 0 unspecified atom stereocenters. The highest BCUT2D eigenvalue weighted by Crippen LogP contribution is 2.23. The van der Waals surface area contributed by atoms with Gasteiger partial charge in [0.2, 0.25) is 0 Å². The van der Waals surface area contributed by atoms with E-state index in [0.717, 1.165) is 0 Å². The summed E-state index contributed by atoms with van der Waals surface area (Å²) in [5.74, 6) is 1.48. The Bertz CT molecular complexity index is 732. The molecule has 116 valence electrons. The number of aromatic hydroxyl groups is 1. The van der Waals surface area contributed by atoms with Crippen LogP contribution in [0.4, 0.5) is 0 Å². The number of hydrogen-bond donors (Lipinski definition) is 2. The number of methoxy groups -OCH3 is 1. The zero-order valence-corrected chi connectivity index (χ0v) is 12.9. The number of phenolic OH excluding ortho intramolecular Hbond substituents is 1. The summed E-state index contributed by atoms with van der Waals surface area (Å²) < 4.78 is 10.4. The molecule has 0 aliphatic heterocycles. The summed E-state index contributed by atoms with van der Waals surface area (Å²) in [7, 11) is 1.54. The summed E-state index contributed by atoms with van der Waals surface area (Å²) in [6.45, 7) is 5.17. The number of benzene rings is 1. The van der Waals surface area contributed by atoms with E-state index in [0.29, 0.717) is 34.1 Å². The predicted octanol–water partition coefficient (Wildman–Crippen LogP) is 2.76. The van der Waals surface area contributed by atoms with E-state index in [9.17, 15) is 9.90 Å². The maximum atomic E-state index is 12.1. The second kappa shape index (κ2) is 6.34. The number of carbonyl (C=O) groups excluding carboxylic acids is 1. The molecule has 2 aromatic rings. The number of nitrogens with one attached hydrogen (secondary N) is 1. The van der Waals surface area contributed by atoms with Gasteiger partial charge < -0.3 is 14.3 Å². The number of furan rings is 1. The third kappa shape index (κ3) is 3.28. The van der Waals surface area contributed by atoms with Gasteiger partial charge in [-0.05, 0) is 45.0 Å². The molecule has 0 bridgehead atoms. The first-order valence-electron chi connectivity index (χ1n) is 6.71. The molecule has 0 aliphatic carbocycles. The highest BCUT2D eigenvalue weighted by atomic mass is 16.5. The van der Waals surface area contributed by atoms with Gasteiger partial charge in [-0.1, -0.05) is 0 Å². The first-order chi connectivity index (χ1) is 10.4. The van der Waals surface area contributed by atoms with Crippen molar-refractivity contribution in [2.24, 2.45) is 5.10 Å². The fourth-order valence-electron chi connectivity index (χ4n) is 2.04. The number of amides is 1. The van der Waals surface area contributed by atoms with Crippen molar-refractivity contribution < 1.29 is 19.1 Å². The van der Waals surface area contributed by atoms with Gasteiger partial charge in [0.15, 0.2) is 0 Å². The highest BCUT2D eigenvalue weighted by Gasteiger charge is 2.13. The minimum absolute atomic E-state index is 0.0617. The number of rotatable bonds is 4. The Labute approximate surface area is 128 Å². The van der Waals surface area contributed by atoms with Crippen molar-refractivity contribution in [1.82, 2.24) is 5.43 Å². The van der Waals surface area contributed by atoms with Gasteiger partial charge in [0.1, 0.15) is 23.0 Å². The summed E-state index contributed by atoms with van der Waals surface area (Å²) >= 11 is 0. The molecule has 6 heteroatoms. The molecule has 0 fully saturated rings. The summed E-state index contributed by atoms with van der Waals surface area (Å²) in [6.07, 6.45) is 0. The fourth-order valence-corrected chi connectivity index (χ4v) is 2.04. The van der Waals surface area contributed by atoms with E-state index in [2.05, 4.69) is 10.5 Å². The molecular formula is C16H18N2O4. The number of ether oxygens (including phenoxy) is 1. The van der Waals surface area contributed by atoms with Crippen molar-refractivity contribution in [3.63, 3.8) is 0 Å². The topological polar surface area (TPSA) is 84.1 Å². The lowest BCUT2D eigenvalue weighted by molar-refractivity contribution is 0.0953. The largest absolute Gasteiger partial charge is 0.507 e. The molecule has 0 atom stereocenters. The number of hydrogen-bond acceptors (Lipinski definition) is 5. The first kappa shape index (κ1) is 15.6. The molecule has 1 amide bonds. The molecule has 0 spiro atoms. The third-order valence-electron chi connectivity index (χ3n) is 3.20. The van der Waals surface area contributed by atoms with E-state index in [1.54, 1.807) is 39.0 Å². The van der Waals surface area contributed by atoms with Gasteiger partial charge in [-0.15, -0.1) is 0 Å². The summed E-state index contributed by atoms with van der Waals surface area (Å²) in [5.41, 5.74) is 3.83. The Kier molecular flexibility index (Phi) is 4.50. The van der Waals surface area contributed by atoms with Crippen molar-refractivity contribution in [1.29, 1.82) is 0 Å². The molecule has 0 aliphatic rings. The minimum Gasteiger partial charge on any atom is -0.507 e.